The third-order valence-corrected chi connectivity index (χ3v) is 8.91. The number of carbonyl (C=O) groups excluding carboxylic acids is 10. The SMILES string of the molecule is CC[C@H](C)[C@H](NC(=O)[C@H](CC(C)C)NC(=O)[C@H](CC(N)=O)NC(=O)[C@H](CCC(N)=O)NC(=O)[C@H](C)NC(=O)[C@H](CC(=O)O)NC(=O)[C@H](CCCN=C(N)N)NC(C)=O)C(N)=O. The maximum atomic E-state index is 13.6. The Balaban J connectivity index is 6.24. The van der Waals surface area contributed by atoms with E-state index in [2.05, 4.69) is 42.2 Å². The number of amides is 10. The summed E-state index contributed by atoms with van der Waals surface area (Å²) in [5.74, 6) is -11.7. The maximum absolute atomic E-state index is 13.6. The van der Waals surface area contributed by atoms with Crippen molar-refractivity contribution in [1.29, 1.82) is 0 Å². The van der Waals surface area contributed by atoms with E-state index in [1.807, 2.05) is 0 Å². The number of carbonyl (C=O) groups is 11. The van der Waals surface area contributed by atoms with Crippen LogP contribution in [0.3, 0.4) is 0 Å². The van der Waals surface area contributed by atoms with Gasteiger partial charge in [0.15, 0.2) is 5.96 Å². The molecule has 61 heavy (non-hydrogen) atoms. The quantitative estimate of drug-likeness (QED) is 0.0190. The molecule has 0 radical (unpaired) electrons. The number of aliphatic carboxylic acids is 1. The summed E-state index contributed by atoms with van der Waals surface area (Å²) in [5, 5.41) is 25.9. The van der Waals surface area contributed by atoms with Gasteiger partial charge in [0.25, 0.3) is 0 Å². The van der Waals surface area contributed by atoms with Crippen LogP contribution in [-0.2, 0) is 52.7 Å². The van der Waals surface area contributed by atoms with Crippen molar-refractivity contribution in [3.8, 4) is 0 Å². The second kappa shape index (κ2) is 27.2. The smallest absolute Gasteiger partial charge is 0.305 e. The number of nitrogens with one attached hydrogen (secondary N) is 7. The van der Waals surface area contributed by atoms with Gasteiger partial charge in [-0.3, -0.25) is 57.7 Å². The van der Waals surface area contributed by atoms with Crippen molar-refractivity contribution in [3.05, 3.63) is 0 Å². The van der Waals surface area contributed by atoms with Crippen LogP contribution in [0, 0.1) is 11.8 Å². The average Bonchev–Trinajstić information content (AvgIpc) is 3.13. The lowest BCUT2D eigenvalue weighted by molar-refractivity contribution is -0.141. The summed E-state index contributed by atoms with van der Waals surface area (Å²) in [5.41, 5.74) is 26.7. The standard InChI is InChI=1S/C36H63N13O12/c1-7-17(4)28(29(39)55)49-35(61)22(13-16(2)3)46-34(60)23(14-26(38)52)47-32(58)21(10-11-25(37)51)45-30(56)18(5)43-33(59)24(15-27(53)54)48-31(57)20(44-19(6)50)9-8-12-42-36(40)41/h16-18,20-24,28H,7-15H2,1-6H3,(H2,37,51)(H2,38,52)(H2,39,55)(H,43,59)(H,44,50)(H,45,56)(H,46,60)(H,47,58)(H,48,57)(H,49,61)(H,53,54)(H4,40,41,42)/t17-,18-,20-,21-,22-,23-,24-,28-/m0/s1. The lowest BCUT2D eigenvalue weighted by Gasteiger charge is -2.28. The Morgan fingerprint density at radius 2 is 1.05 bits per heavy atom. The molecule has 0 fully saturated rings. The molecule has 0 aliphatic heterocycles. The van der Waals surface area contributed by atoms with Gasteiger partial charge in [0, 0.05) is 19.9 Å². The zero-order valence-electron chi connectivity index (χ0n) is 35.3. The zero-order chi connectivity index (χ0) is 47.1. The number of hydrogen-bond donors (Lipinski definition) is 13. The molecule has 0 heterocycles. The van der Waals surface area contributed by atoms with E-state index in [9.17, 15) is 57.8 Å². The van der Waals surface area contributed by atoms with Crippen LogP contribution in [-0.4, -0.2) is 125 Å². The van der Waals surface area contributed by atoms with Gasteiger partial charge in [0.2, 0.25) is 59.1 Å². The Morgan fingerprint density at radius 1 is 0.574 bits per heavy atom. The number of guanidine groups is 1. The fourth-order valence-corrected chi connectivity index (χ4v) is 5.55. The first-order chi connectivity index (χ1) is 28.3. The molecule has 0 saturated carbocycles. The third kappa shape index (κ3) is 22.4. The Kier molecular flexibility index (Phi) is 24.3. The fraction of sp³-hybridized carbons (Fsp3) is 0.667. The fourth-order valence-electron chi connectivity index (χ4n) is 5.55. The van der Waals surface area contributed by atoms with Gasteiger partial charge in [-0.1, -0.05) is 34.1 Å². The van der Waals surface area contributed by atoms with Gasteiger partial charge in [-0.2, -0.15) is 0 Å². The van der Waals surface area contributed by atoms with E-state index in [4.69, 9.17) is 28.7 Å². The number of primary amides is 3. The largest absolute Gasteiger partial charge is 0.481 e. The van der Waals surface area contributed by atoms with Crippen LogP contribution in [0.1, 0.15) is 92.9 Å². The first-order valence-corrected chi connectivity index (χ1v) is 19.5. The lowest BCUT2D eigenvalue weighted by Crippen LogP contribution is -2.60. The predicted octanol–water partition coefficient (Wildman–Crippen LogP) is -5.33. The Labute approximate surface area is 353 Å². The van der Waals surface area contributed by atoms with E-state index in [1.54, 1.807) is 27.7 Å². The highest BCUT2D eigenvalue weighted by atomic mass is 16.4. The number of nitrogens with two attached hydrogens (primary N) is 5. The van der Waals surface area contributed by atoms with E-state index in [-0.39, 0.29) is 43.6 Å². The normalized spacial score (nSPS) is 14.7. The zero-order valence-corrected chi connectivity index (χ0v) is 35.3. The van der Waals surface area contributed by atoms with E-state index >= 15 is 0 Å². The molecule has 25 heteroatoms. The molecule has 0 aromatic carbocycles. The number of aliphatic imine (C=N–C) groups is 1. The monoisotopic (exact) mass is 869 g/mol. The number of carboxylic acids is 1. The van der Waals surface area contributed by atoms with Crippen LogP contribution in [0.5, 0.6) is 0 Å². The summed E-state index contributed by atoms with van der Waals surface area (Å²) in [6, 6.07) is -10.3. The molecule has 0 spiro atoms. The van der Waals surface area contributed by atoms with Crippen molar-refractivity contribution >= 4 is 71.0 Å². The molecule has 0 aromatic rings. The van der Waals surface area contributed by atoms with Crippen LogP contribution in [0.4, 0.5) is 0 Å². The van der Waals surface area contributed by atoms with Crippen molar-refractivity contribution in [2.45, 2.75) is 135 Å². The number of carboxylic acid groups (broad SMARTS) is 1. The van der Waals surface area contributed by atoms with Gasteiger partial charge < -0.3 is 71.0 Å². The summed E-state index contributed by atoms with van der Waals surface area (Å²) in [6.45, 7) is 9.33. The Morgan fingerprint density at radius 3 is 1.51 bits per heavy atom. The molecule has 0 bridgehead atoms. The molecule has 0 saturated heterocycles. The van der Waals surface area contributed by atoms with Crippen molar-refractivity contribution in [3.63, 3.8) is 0 Å². The van der Waals surface area contributed by atoms with E-state index in [0.717, 1.165) is 13.8 Å². The first kappa shape index (κ1) is 54.4. The third-order valence-electron chi connectivity index (χ3n) is 8.91. The highest BCUT2D eigenvalue weighted by Crippen LogP contribution is 2.11. The van der Waals surface area contributed by atoms with Gasteiger partial charge in [-0.25, -0.2) is 0 Å². The second-order valence-corrected chi connectivity index (χ2v) is 14.9. The van der Waals surface area contributed by atoms with E-state index in [0.29, 0.717) is 6.42 Å². The molecular formula is C36H63N13O12. The minimum atomic E-state index is -1.77. The maximum Gasteiger partial charge on any atom is 0.305 e. The minimum absolute atomic E-state index is 0.0112. The molecule has 0 rings (SSSR count). The Hall–Kier alpha value is -6.56. The minimum Gasteiger partial charge on any atom is -0.481 e. The van der Waals surface area contributed by atoms with Crippen LogP contribution in [0.2, 0.25) is 0 Å². The second-order valence-electron chi connectivity index (χ2n) is 14.9. The molecule has 18 N–H and O–H groups in total. The molecular weight excluding hydrogens is 806 g/mol. The topological polar surface area (TPSA) is 435 Å². The van der Waals surface area contributed by atoms with E-state index in [1.165, 1.54) is 0 Å². The lowest BCUT2D eigenvalue weighted by atomic mass is 9.97. The molecule has 0 aromatic heterocycles. The molecule has 0 aliphatic carbocycles. The van der Waals surface area contributed by atoms with E-state index < -0.39 is 133 Å². The van der Waals surface area contributed by atoms with Crippen LogP contribution < -0.4 is 65.9 Å². The summed E-state index contributed by atoms with van der Waals surface area (Å²) in [6.07, 6.45) is -1.95. The Bertz CT molecular complexity index is 1640. The molecule has 344 valence electrons. The number of rotatable bonds is 29. The molecule has 25 nitrogen and oxygen atoms in total. The van der Waals surface area contributed by atoms with Crippen LogP contribution in [0.25, 0.3) is 0 Å². The summed E-state index contributed by atoms with van der Waals surface area (Å²) >= 11 is 0. The molecule has 0 unspecified atom stereocenters. The summed E-state index contributed by atoms with van der Waals surface area (Å²) in [7, 11) is 0. The summed E-state index contributed by atoms with van der Waals surface area (Å²) in [4.78, 5) is 143. The van der Waals surface area contributed by atoms with Crippen molar-refractivity contribution < 1.29 is 57.8 Å². The van der Waals surface area contributed by atoms with Gasteiger partial charge >= 0.3 is 5.97 Å². The van der Waals surface area contributed by atoms with Crippen molar-refractivity contribution in [2.75, 3.05) is 6.54 Å². The molecule has 8 atom stereocenters. The van der Waals surface area contributed by atoms with Crippen LogP contribution >= 0.6 is 0 Å². The van der Waals surface area contributed by atoms with Gasteiger partial charge in [0.05, 0.1) is 12.8 Å². The van der Waals surface area contributed by atoms with Crippen molar-refractivity contribution in [1.82, 2.24) is 37.2 Å². The first-order valence-electron chi connectivity index (χ1n) is 19.5. The number of nitrogens with zero attached hydrogens (tertiary/aromatic N) is 1. The number of hydrogen-bond acceptors (Lipinski definition) is 12. The highest BCUT2D eigenvalue weighted by molar-refractivity contribution is 5.99. The van der Waals surface area contributed by atoms with Crippen LogP contribution in [0.15, 0.2) is 4.99 Å². The van der Waals surface area contributed by atoms with Crippen molar-refractivity contribution in [2.24, 2.45) is 45.5 Å². The predicted molar refractivity (Wildman–Crippen MR) is 217 cm³/mol. The highest BCUT2D eigenvalue weighted by Gasteiger charge is 2.35. The van der Waals surface area contributed by atoms with Gasteiger partial charge in [-0.05, 0) is 44.4 Å². The molecule has 0 aliphatic rings. The summed E-state index contributed by atoms with van der Waals surface area (Å²) < 4.78 is 0. The average molecular weight is 870 g/mol. The van der Waals surface area contributed by atoms with Gasteiger partial charge in [0.1, 0.15) is 42.3 Å². The molecule has 10 amide bonds. The van der Waals surface area contributed by atoms with Gasteiger partial charge in [-0.15, -0.1) is 0 Å².